The van der Waals surface area contributed by atoms with Gasteiger partial charge in [0.05, 0.1) is 12.7 Å². The third kappa shape index (κ3) is 4.09. The zero-order valence-electron chi connectivity index (χ0n) is 11.1. The van der Waals surface area contributed by atoms with E-state index in [2.05, 4.69) is 24.0 Å². The maximum absolute atomic E-state index is 10.2. The number of benzene rings is 1. The number of hydrogen-bond donors (Lipinski definition) is 1. The molecule has 18 heavy (non-hydrogen) atoms. The Morgan fingerprint density at radius 3 is 2.78 bits per heavy atom. The molecule has 1 unspecified atom stereocenters. The molecular formula is C15H23NO2. The summed E-state index contributed by atoms with van der Waals surface area (Å²) in [5.74, 6) is 0. The maximum atomic E-state index is 10.2. The maximum Gasteiger partial charge on any atom is 0.0802 e. The van der Waals surface area contributed by atoms with E-state index >= 15 is 0 Å². The lowest BCUT2D eigenvalue weighted by molar-refractivity contribution is 0.126. The number of aryl methyl sites for hydroxylation is 1. The molecule has 0 spiro atoms. The third-order valence-corrected chi connectivity index (χ3v) is 3.50. The monoisotopic (exact) mass is 249 g/mol. The van der Waals surface area contributed by atoms with Gasteiger partial charge < -0.3 is 14.7 Å². The van der Waals surface area contributed by atoms with E-state index in [1.165, 1.54) is 5.56 Å². The Morgan fingerprint density at radius 1 is 1.22 bits per heavy atom. The summed E-state index contributed by atoms with van der Waals surface area (Å²) in [6.07, 6.45) is 1.54. The van der Waals surface area contributed by atoms with Crippen molar-refractivity contribution in [3.63, 3.8) is 0 Å². The van der Waals surface area contributed by atoms with Gasteiger partial charge in [-0.25, -0.2) is 0 Å². The molecule has 3 nitrogen and oxygen atoms in total. The molecule has 0 saturated carbocycles. The van der Waals surface area contributed by atoms with E-state index in [9.17, 15) is 5.11 Å². The predicted molar refractivity (Wildman–Crippen MR) is 72.6 cm³/mol. The quantitative estimate of drug-likeness (QED) is 0.887. The van der Waals surface area contributed by atoms with Gasteiger partial charge in [-0.2, -0.15) is 0 Å². The van der Waals surface area contributed by atoms with Crippen LogP contribution in [-0.2, 0) is 4.74 Å². The summed E-state index contributed by atoms with van der Waals surface area (Å²) in [7, 11) is 0. The Morgan fingerprint density at radius 2 is 2.00 bits per heavy atom. The van der Waals surface area contributed by atoms with Gasteiger partial charge in [0.1, 0.15) is 0 Å². The van der Waals surface area contributed by atoms with E-state index in [-0.39, 0.29) is 6.10 Å². The number of nitrogens with zero attached hydrogens (tertiary/aromatic N) is 1. The minimum absolute atomic E-state index is 0.352. The Labute approximate surface area is 109 Å². The van der Waals surface area contributed by atoms with Crippen LogP contribution in [0.1, 0.15) is 30.1 Å². The summed E-state index contributed by atoms with van der Waals surface area (Å²) >= 11 is 0. The van der Waals surface area contributed by atoms with Gasteiger partial charge in [-0.05, 0) is 25.3 Å². The summed E-state index contributed by atoms with van der Waals surface area (Å²) in [6, 6.07) is 8.15. The fourth-order valence-electron chi connectivity index (χ4n) is 2.28. The highest BCUT2D eigenvalue weighted by Crippen LogP contribution is 2.17. The van der Waals surface area contributed by atoms with E-state index in [0.29, 0.717) is 0 Å². The van der Waals surface area contributed by atoms with Gasteiger partial charge in [0.2, 0.25) is 0 Å². The molecule has 0 aliphatic carbocycles. The van der Waals surface area contributed by atoms with Gasteiger partial charge in [-0.3, -0.25) is 0 Å². The van der Waals surface area contributed by atoms with Gasteiger partial charge in [0, 0.05) is 26.2 Å². The number of aliphatic hydroxyl groups is 1. The first kappa shape index (κ1) is 13.5. The van der Waals surface area contributed by atoms with Crippen LogP contribution in [0.5, 0.6) is 0 Å². The van der Waals surface area contributed by atoms with Crippen molar-refractivity contribution < 1.29 is 9.84 Å². The molecule has 100 valence electrons. The standard InChI is InChI=1S/C15H23NO2/c1-13-3-5-14(6-4-13)15(17)7-9-16-8-2-11-18-12-10-16/h3-6,15,17H,2,7-12H2,1H3. The molecule has 1 saturated heterocycles. The highest BCUT2D eigenvalue weighted by molar-refractivity contribution is 5.22. The Hall–Kier alpha value is -0.900. The van der Waals surface area contributed by atoms with Crippen LogP contribution in [0.4, 0.5) is 0 Å². The van der Waals surface area contributed by atoms with Crippen LogP contribution >= 0.6 is 0 Å². The van der Waals surface area contributed by atoms with Crippen LogP contribution in [0.2, 0.25) is 0 Å². The molecule has 1 aromatic rings. The molecule has 1 aliphatic heterocycles. The first-order chi connectivity index (χ1) is 8.75. The van der Waals surface area contributed by atoms with Gasteiger partial charge >= 0.3 is 0 Å². The first-order valence-corrected chi connectivity index (χ1v) is 6.80. The van der Waals surface area contributed by atoms with Crippen LogP contribution in [-0.4, -0.2) is 42.9 Å². The normalized spacial score (nSPS) is 19.4. The molecule has 1 N–H and O–H groups in total. The van der Waals surface area contributed by atoms with Gasteiger partial charge in [-0.1, -0.05) is 29.8 Å². The summed E-state index contributed by atoms with van der Waals surface area (Å²) < 4.78 is 5.43. The van der Waals surface area contributed by atoms with Crippen LogP contribution < -0.4 is 0 Å². The second-order valence-corrected chi connectivity index (χ2v) is 5.02. The Bertz CT molecular complexity index is 342. The zero-order chi connectivity index (χ0) is 12.8. The van der Waals surface area contributed by atoms with Crippen LogP contribution in [0.15, 0.2) is 24.3 Å². The fraction of sp³-hybridized carbons (Fsp3) is 0.600. The lowest BCUT2D eigenvalue weighted by atomic mass is 10.0. The second-order valence-electron chi connectivity index (χ2n) is 5.02. The van der Waals surface area contributed by atoms with Crippen molar-refractivity contribution in [1.29, 1.82) is 0 Å². The van der Waals surface area contributed by atoms with Crippen LogP contribution in [0.3, 0.4) is 0 Å². The van der Waals surface area contributed by atoms with Crippen molar-refractivity contribution in [3.8, 4) is 0 Å². The predicted octanol–water partition coefficient (Wildman–Crippen LogP) is 2.14. The highest BCUT2D eigenvalue weighted by Gasteiger charge is 2.12. The molecule has 0 bridgehead atoms. The fourth-order valence-corrected chi connectivity index (χ4v) is 2.28. The molecular weight excluding hydrogens is 226 g/mol. The van der Waals surface area contributed by atoms with E-state index in [1.807, 2.05) is 12.1 Å². The number of hydrogen-bond acceptors (Lipinski definition) is 3. The van der Waals surface area contributed by atoms with Gasteiger partial charge in [0.15, 0.2) is 0 Å². The minimum atomic E-state index is -0.352. The zero-order valence-corrected chi connectivity index (χ0v) is 11.1. The Balaban J connectivity index is 1.80. The van der Waals surface area contributed by atoms with Crippen molar-refractivity contribution in [2.45, 2.75) is 25.9 Å². The molecule has 0 amide bonds. The van der Waals surface area contributed by atoms with E-state index in [0.717, 1.165) is 51.3 Å². The Kier molecular flexibility index (Phi) is 5.17. The number of ether oxygens (including phenoxy) is 1. The number of aliphatic hydroxyl groups excluding tert-OH is 1. The molecule has 0 aromatic heterocycles. The second kappa shape index (κ2) is 6.88. The average molecular weight is 249 g/mol. The topological polar surface area (TPSA) is 32.7 Å². The van der Waals surface area contributed by atoms with Crippen molar-refractivity contribution in [3.05, 3.63) is 35.4 Å². The van der Waals surface area contributed by atoms with Crippen molar-refractivity contribution in [2.24, 2.45) is 0 Å². The molecule has 2 rings (SSSR count). The molecule has 1 aliphatic rings. The summed E-state index contributed by atoms with van der Waals surface area (Å²) in [5, 5.41) is 10.2. The van der Waals surface area contributed by atoms with Crippen molar-refractivity contribution >= 4 is 0 Å². The molecule has 1 aromatic carbocycles. The molecule has 1 heterocycles. The highest BCUT2D eigenvalue weighted by atomic mass is 16.5. The van der Waals surface area contributed by atoms with Crippen LogP contribution in [0.25, 0.3) is 0 Å². The summed E-state index contributed by atoms with van der Waals surface area (Å²) in [4.78, 5) is 2.38. The van der Waals surface area contributed by atoms with Crippen molar-refractivity contribution in [1.82, 2.24) is 4.90 Å². The van der Waals surface area contributed by atoms with E-state index < -0.39 is 0 Å². The number of rotatable bonds is 4. The van der Waals surface area contributed by atoms with Crippen molar-refractivity contribution in [2.75, 3.05) is 32.8 Å². The molecule has 1 atom stereocenters. The largest absolute Gasteiger partial charge is 0.388 e. The lowest BCUT2D eigenvalue weighted by Crippen LogP contribution is -2.28. The average Bonchev–Trinajstić information content (AvgIpc) is 2.65. The lowest BCUT2D eigenvalue weighted by Gasteiger charge is -2.21. The molecule has 3 heteroatoms. The van der Waals surface area contributed by atoms with Crippen LogP contribution in [0, 0.1) is 6.92 Å². The SMILES string of the molecule is Cc1ccc(C(O)CCN2CCCOCC2)cc1. The van der Waals surface area contributed by atoms with Gasteiger partial charge in [-0.15, -0.1) is 0 Å². The molecule has 0 radical (unpaired) electrons. The third-order valence-electron chi connectivity index (χ3n) is 3.50. The minimum Gasteiger partial charge on any atom is -0.388 e. The van der Waals surface area contributed by atoms with E-state index in [4.69, 9.17) is 4.74 Å². The molecule has 1 fully saturated rings. The first-order valence-electron chi connectivity index (χ1n) is 6.80. The van der Waals surface area contributed by atoms with E-state index in [1.54, 1.807) is 0 Å². The smallest absolute Gasteiger partial charge is 0.0802 e. The summed E-state index contributed by atoms with van der Waals surface area (Å²) in [5.41, 5.74) is 2.25. The van der Waals surface area contributed by atoms with Gasteiger partial charge in [0.25, 0.3) is 0 Å². The summed E-state index contributed by atoms with van der Waals surface area (Å²) in [6.45, 7) is 6.77.